The van der Waals surface area contributed by atoms with Crippen molar-refractivity contribution in [2.24, 2.45) is 0 Å². The van der Waals surface area contributed by atoms with Gasteiger partial charge in [-0.2, -0.15) is 0 Å². The number of ether oxygens (including phenoxy) is 1. The average molecular weight is 346 g/mol. The maximum Gasteiger partial charge on any atom is 0.355 e. The highest BCUT2D eigenvalue weighted by Crippen LogP contribution is 2.41. The lowest BCUT2D eigenvalue weighted by Crippen LogP contribution is -2.47. The third-order valence-corrected chi connectivity index (χ3v) is 5.62. The number of carboxylic acid groups (broad SMARTS) is 1. The first-order chi connectivity index (χ1) is 11.6. The molecular weight excluding hydrogens is 328 g/mol. The molecule has 0 radical (unpaired) electrons. The van der Waals surface area contributed by atoms with Crippen molar-refractivity contribution in [1.82, 2.24) is 15.0 Å². The van der Waals surface area contributed by atoms with Crippen molar-refractivity contribution >= 4 is 22.4 Å². The zero-order chi connectivity index (χ0) is 16.7. The van der Waals surface area contributed by atoms with Crippen LogP contribution in [0, 0.1) is 6.92 Å². The molecule has 7 nitrogen and oxygen atoms in total. The molecule has 4 heterocycles. The van der Waals surface area contributed by atoms with Gasteiger partial charge in [0.25, 0.3) is 0 Å². The van der Waals surface area contributed by atoms with Crippen molar-refractivity contribution in [2.45, 2.75) is 31.8 Å². The molecule has 0 unspecified atom stereocenters. The largest absolute Gasteiger partial charge is 0.476 e. The van der Waals surface area contributed by atoms with E-state index in [-0.39, 0.29) is 11.3 Å². The maximum absolute atomic E-state index is 11.0. The SMILES string of the molecule is Cc1ncc2c(n1)C1(CCN(c3nc(C(=O)O)cs3)CC1)OCC2. The molecule has 2 aromatic rings. The van der Waals surface area contributed by atoms with Crippen LogP contribution >= 0.6 is 11.3 Å². The van der Waals surface area contributed by atoms with Crippen molar-refractivity contribution in [1.29, 1.82) is 0 Å². The third-order valence-electron chi connectivity index (χ3n) is 4.72. The number of fused-ring (bicyclic) bond motifs is 2. The van der Waals surface area contributed by atoms with Crippen molar-refractivity contribution in [3.8, 4) is 0 Å². The summed E-state index contributed by atoms with van der Waals surface area (Å²) in [5, 5.41) is 11.4. The highest BCUT2D eigenvalue weighted by Gasteiger charge is 2.42. The van der Waals surface area contributed by atoms with E-state index in [1.165, 1.54) is 16.9 Å². The van der Waals surface area contributed by atoms with Gasteiger partial charge in [0.2, 0.25) is 0 Å². The Bertz CT molecular complexity index is 783. The first kappa shape index (κ1) is 15.5. The lowest BCUT2D eigenvalue weighted by atomic mass is 9.83. The van der Waals surface area contributed by atoms with Crippen LogP contribution in [0.1, 0.15) is 40.4 Å². The number of aromatic nitrogens is 3. The lowest BCUT2D eigenvalue weighted by Gasteiger charge is -2.44. The Morgan fingerprint density at radius 2 is 2.17 bits per heavy atom. The Labute approximate surface area is 143 Å². The summed E-state index contributed by atoms with van der Waals surface area (Å²) >= 11 is 1.38. The van der Waals surface area contributed by atoms with Crippen molar-refractivity contribution in [3.05, 3.63) is 34.4 Å². The number of aryl methyl sites for hydroxylation is 1. The van der Waals surface area contributed by atoms with Gasteiger partial charge >= 0.3 is 5.97 Å². The molecule has 0 atom stereocenters. The molecule has 1 spiro atoms. The standard InChI is InChI=1S/C16H18N4O3S/c1-10-17-8-11-2-7-23-16(13(11)18-10)3-5-20(6-4-16)15-19-12(9-24-15)14(21)22/h8-9H,2-7H2,1H3,(H,21,22). The molecule has 2 aliphatic heterocycles. The van der Waals surface area contributed by atoms with Gasteiger partial charge in [-0.25, -0.2) is 19.7 Å². The van der Waals surface area contributed by atoms with Gasteiger partial charge in [-0.3, -0.25) is 0 Å². The van der Waals surface area contributed by atoms with Crippen molar-refractivity contribution < 1.29 is 14.6 Å². The second kappa shape index (κ2) is 5.78. The number of piperidine rings is 1. The predicted octanol–water partition coefficient (Wildman–Crippen LogP) is 2.01. The summed E-state index contributed by atoms with van der Waals surface area (Å²) in [4.78, 5) is 26.3. The molecule has 1 N–H and O–H groups in total. The monoisotopic (exact) mass is 346 g/mol. The van der Waals surface area contributed by atoms with Crippen LogP contribution < -0.4 is 4.90 Å². The Kier molecular flexibility index (Phi) is 3.73. The molecule has 0 saturated carbocycles. The number of anilines is 1. The van der Waals surface area contributed by atoms with E-state index >= 15 is 0 Å². The van der Waals surface area contributed by atoms with E-state index in [0.29, 0.717) is 6.61 Å². The first-order valence-corrected chi connectivity index (χ1v) is 8.86. The van der Waals surface area contributed by atoms with E-state index in [1.807, 2.05) is 13.1 Å². The van der Waals surface area contributed by atoms with Gasteiger partial charge in [0.15, 0.2) is 10.8 Å². The second-order valence-corrected chi connectivity index (χ2v) is 7.03. The van der Waals surface area contributed by atoms with Crippen LogP contribution in [-0.4, -0.2) is 45.7 Å². The molecular formula is C16H18N4O3S. The van der Waals surface area contributed by atoms with Crippen LogP contribution in [0.2, 0.25) is 0 Å². The van der Waals surface area contributed by atoms with Gasteiger partial charge in [0.1, 0.15) is 11.4 Å². The highest BCUT2D eigenvalue weighted by atomic mass is 32.1. The smallest absolute Gasteiger partial charge is 0.355 e. The molecule has 0 amide bonds. The van der Waals surface area contributed by atoms with Crippen molar-refractivity contribution in [2.75, 3.05) is 24.6 Å². The van der Waals surface area contributed by atoms with Gasteiger partial charge in [0, 0.05) is 24.7 Å². The third kappa shape index (κ3) is 2.55. The molecule has 1 saturated heterocycles. The van der Waals surface area contributed by atoms with Gasteiger partial charge in [-0.15, -0.1) is 11.3 Å². The number of carboxylic acids is 1. The summed E-state index contributed by atoms with van der Waals surface area (Å²) in [7, 11) is 0. The molecule has 2 aromatic heterocycles. The van der Waals surface area contributed by atoms with E-state index in [0.717, 1.165) is 49.0 Å². The van der Waals surface area contributed by atoms with Gasteiger partial charge in [-0.05, 0) is 31.7 Å². The summed E-state index contributed by atoms with van der Waals surface area (Å²) < 4.78 is 6.19. The fourth-order valence-corrected chi connectivity index (χ4v) is 4.30. The van der Waals surface area contributed by atoms with Crippen LogP contribution in [0.4, 0.5) is 5.13 Å². The normalized spacial score (nSPS) is 19.3. The van der Waals surface area contributed by atoms with Gasteiger partial charge in [0.05, 0.1) is 12.3 Å². The Morgan fingerprint density at radius 1 is 1.38 bits per heavy atom. The molecule has 2 aliphatic rings. The zero-order valence-electron chi connectivity index (χ0n) is 13.4. The minimum atomic E-state index is -0.984. The molecule has 24 heavy (non-hydrogen) atoms. The topological polar surface area (TPSA) is 88.4 Å². The number of thiazole rings is 1. The fraction of sp³-hybridized carbons (Fsp3) is 0.500. The quantitative estimate of drug-likeness (QED) is 0.890. The number of hydrogen-bond acceptors (Lipinski definition) is 7. The minimum absolute atomic E-state index is 0.109. The second-order valence-electron chi connectivity index (χ2n) is 6.19. The molecule has 0 bridgehead atoms. The Morgan fingerprint density at radius 3 is 2.88 bits per heavy atom. The van der Waals surface area contributed by atoms with Crippen LogP contribution in [0.3, 0.4) is 0 Å². The number of rotatable bonds is 2. The van der Waals surface area contributed by atoms with E-state index in [1.54, 1.807) is 5.38 Å². The van der Waals surface area contributed by atoms with Crippen LogP contribution in [-0.2, 0) is 16.8 Å². The number of nitrogens with zero attached hydrogens (tertiary/aromatic N) is 4. The zero-order valence-corrected chi connectivity index (χ0v) is 14.2. The van der Waals surface area contributed by atoms with Gasteiger partial charge in [-0.1, -0.05) is 0 Å². The summed E-state index contributed by atoms with van der Waals surface area (Å²) in [5.41, 5.74) is 1.98. The van der Waals surface area contributed by atoms with Crippen molar-refractivity contribution in [3.63, 3.8) is 0 Å². The van der Waals surface area contributed by atoms with Crippen LogP contribution in [0.5, 0.6) is 0 Å². The average Bonchev–Trinajstić information content (AvgIpc) is 3.07. The molecule has 0 aromatic carbocycles. The van der Waals surface area contributed by atoms with E-state index < -0.39 is 5.97 Å². The van der Waals surface area contributed by atoms with Gasteiger partial charge < -0.3 is 14.7 Å². The Hall–Kier alpha value is -2.06. The highest BCUT2D eigenvalue weighted by molar-refractivity contribution is 7.13. The molecule has 1 fully saturated rings. The van der Waals surface area contributed by atoms with Crippen LogP contribution in [0.15, 0.2) is 11.6 Å². The number of carbonyl (C=O) groups is 1. The fourth-order valence-electron chi connectivity index (χ4n) is 3.45. The number of aromatic carboxylic acids is 1. The summed E-state index contributed by atoms with van der Waals surface area (Å²) in [6.45, 7) is 4.14. The number of hydrogen-bond donors (Lipinski definition) is 1. The summed E-state index contributed by atoms with van der Waals surface area (Å²) in [6.07, 6.45) is 4.42. The van der Waals surface area contributed by atoms with Crippen LogP contribution in [0.25, 0.3) is 0 Å². The Balaban J connectivity index is 1.56. The molecule has 8 heteroatoms. The molecule has 0 aliphatic carbocycles. The first-order valence-electron chi connectivity index (χ1n) is 7.98. The summed E-state index contributed by atoms with van der Waals surface area (Å²) in [5.74, 6) is -0.213. The van der Waals surface area contributed by atoms with E-state index in [9.17, 15) is 4.79 Å². The van der Waals surface area contributed by atoms with E-state index in [4.69, 9.17) is 9.84 Å². The van der Waals surface area contributed by atoms with E-state index in [2.05, 4.69) is 19.9 Å². The molecule has 126 valence electrons. The minimum Gasteiger partial charge on any atom is -0.476 e. The maximum atomic E-state index is 11.0. The summed E-state index contributed by atoms with van der Waals surface area (Å²) in [6, 6.07) is 0. The predicted molar refractivity (Wildman–Crippen MR) is 88.6 cm³/mol. The molecule has 4 rings (SSSR count). The lowest BCUT2D eigenvalue weighted by molar-refractivity contribution is -0.0803.